The molecule has 3 atom stereocenters. The maximum absolute atomic E-state index is 13.9. The molecular weight excluding hydrogens is 413 g/mol. The molecule has 0 radical (unpaired) electrons. The normalized spacial score (nSPS) is 24.3. The van der Waals surface area contributed by atoms with Crippen molar-refractivity contribution in [3.8, 4) is 0 Å². The van der Waals surface area contributed by atoms with Gasteiger partial charge >= 0.3 is 0 Å². The summed E-state index contributed by atoms with van der Waals surface area (Å²) in [5.41, 5.74) is 1.80. The average molecular weight is 444 g/mol. The van der Waals surface area contributed by atoms with Crippen molar-refractivity contribution in [2.45, 2.75) is 64.5 Å². The summed E-state index contributed by atoms with van der Waals surface area (Å²) in [7, 11) is 0. The van der Waals surface area contributed by atoms with Crippen molar-refractivity contribution in [3.63, 3.8) is 0 Å². The second kappa shape index (κ2) is 9.58. The van der Waals surface area contributed by atoms with Gasteiger partial charge in [-0.2, -0.15) is 0 Å². The fourth-order valence-electron chi connectivity index (χ4n) is 4.97. The molecule has 160 valence electrons. The summed E-state index contributed by atoms with van der Waals surface area (Å²) >= 11 is 12.6. The molecule has 0 saturated carbocycles. The molecule has 1 aliphatic rings. The van der Waals surface area contributed by atoms with Gasteiger partial charge in [-0.25, -0.2) is 0 Å². The smallest absolute Gasteiger partial charge is 0.229 e. The number of halogens is 2. The summed E-state index contributed by atoms with van der Waals surface area (Å²) in [6.45, 7) is 10.3. The second-order valence-corrected chi connectivity index (χ2v) is 9.47. The minimum absolute atomic E-state index is 0.0592. The third kappa shape index (κ3) is 4.45. The van der Waals surface area contributed by atoms with Crippen molar-refractivity contribution in [1.29, 1.82) is 0 Å². The first kappa shape index (κ1) is 22.9. The Labute approximate surface area is 190 Å². The summed E-state index contributed by atoms with van der Waals surface area (Å²) in [5.74, 6) is 0.349. The van der Waals surface area contributed by atoms with Crippen LogP contribution in [0.5, 0.6) is 0 Å². The number of piperidine rings is 1. The molecule has 0 aromatic heterocycles. The maximum atomic E-state index is 13.9. The first-order chi connectivity index (χ1) is 14.3. The molecule has 2 aromatic rings. The molecular formula is C26H31Cl2NO. The molecule has 0 N–H and O–H groups in total. The van der Waals surface area contributed by atoms with Gasteiger partial charge in [-0.05, 0) is 61.1 Å². The van der Waals surface area contributed by atoms with Crippen LogP contribution in [0.1, 0.15) is 69.5 Å². The standard InChI is InChI=1S/C26H31Cl2NO/c1-5-15-26(4)17-23(19-9-8-10-21(28)16-19)24(18-11-13-20(27)14-12-18)29(25(26)30)22(6-2)7-3/h5,8-14,16,22-24H,1,6-7,15,17H2,2-4H3. The van der Waals surface area contributed by atoms with Gasteiger partial charge in [0.25, 0.3) is 0 Å². The number of hydrogen-bond acceptors (Lipinski definition) is 1. The zero-order chi connectivity index (χ0) is 21.9. The monoisotopic (exact) mass is 443 g/mol. The van der Waals surface area contributed by atoms with Crippen LogP contribution in [0.4, 0.5) is 0 Å². The Kier molecular flexibility index (Phi) is 7.31. The minimum Gasteiger partial charge on any atom is -0.332 e. The Morgan fingerprint density at radius 2 is 1.77 bits per heavy atom. The van der Waals surface area contributed by atoms with E-state index in [0.717, 1.165) is 29.8 Å². The highest BCUT2D eigenvalue weighted by molar-refractivity contribution is 6.30. The lowest BCUT2D eigenvalue weighted by molar-refractivity contribution is -0.154. The summed E-state index contributed by atoms with van der Waals surface area (Å²) in [6, 6.07) is 16.1. The van der Waals surface area contributed by atoms with Crippen molar-refractivity contribution in [1.82, 2.24) is 4.90 Å². The van der Waals surface area contributed by atoms with Crippen molar-refractivity contribution in [2.24, 2.45) is 5.41 Å². The molecule has 1 fully saturated rings. The second-order valence-electron chi connectivity index (χ2n) is 8.60. The lowest BCUT2D eigenvalue weighted by atomic mass is 9.67. The summed E-state index contributed by atoms with van der Waals surface area (Å²) in [6.07, 6.45) is 5.12. The van der Waals surface area contributed by atoms with E-state index < -0.39 is 5.41 Å². The van der Waals surface area contributed by atoms with E-state index in [0.29, 0.717) is 11.4 Å². The SMILES string of the molecule is C=CCC1(C)CC(c2cccc(Cl)c2)C(c2ccc(Cl)cc2)N(C(CC)CC)C1=O. The zero-order valence-electron chi connectivity index (χ0n) is 18.1. The van der Waals surface area contributed by atoms with Crippen LogP contribution in [0.2, 0.25) is 10.0 Å². The third-order valence-corrected chi connectivity index (χ3v) is 7.01. The lowest BCUT2D eigenvalue weighted by Gasteiger charge is -2.52. The number of nitrogens with zero attached hydrogens (tertiary/aromatic N) is 1. The largest absolute Gasteiger partial charge is 0.332 e. The highest BCUT2D eigenvalue weighted by Gasteiger charge is 2.50. The number of benzene rings is 2. The molecule has 1 amide bonds. The highest BCUT2D eigenvalue weighted by Crippen LogP contribution is 2.52. The van der Waals surface area contributed by atoms with E-state index in [1.165, 1.54) is 5.56 Å². The van der Waals surface area contributed by atoms with E-state index in [1.807, 2.05) is 36.4 Å². The van der Waals surface area contributed by atoms with Gasteiger partial charge in [0.2, 0.25) is 5.91 Å². The number of likely N-dealkylation sites (tertiary alicyclic amines) is 1. The number of amides is 1. The topological polar surface area (TPSA) is 20.3 Å². The van der Waals surface area contributed by atoms with E-state index in [4.69, 9.17) is 23.2 Å². The fraction of sp³-hybridized carbons (Fsp3) is 0.423. The Morgan fingerprint density at radius 3 is 2.33 bits per heavy atom. The summed E-state index contributed by atoms with van der Waals surface area (Å²) in [4.78, 5) is 16.1. The van der Waals surface area contributed by atoms with Crippen molar-refractivity contribution >= 4 is 29.1 Å². The number of hydrogen-bond donors (Lipinski definition) is 0. The Balaban J connectivity index is 2.22. The minimum atomic E-state index is -0.486. The Morgan fingerprint density at radius 1 is 1.10 bits per heavy atom. The van der Waals surface area contributed by atoms with Gasteiger partial charge in [-0.3, -0.25) is 4.79 Å². The summed E-state index contributed by atoms with van der Waals surface area (Å²) in [5, 5.41) is 1.42. The molecule has 0 aliphatic carbocycles. The average Bonchev–Trinajstić information content (AvgIpc) is 2.73. The highest BCUT2D eigenvalue weighted by atomic mass is 35.5. The molecule has 2 nitrogen and oxygen atoms in total. The molecule has 1 heterocycles. The van der Waals surface area contributed by atoms with Crippen LogP contribution in [-0.2, 0) is 4.79 Å². The van der Waals surface area contributed by atoms with Gasteiger partial charge in [0.1, 0.15) is 0 Å². The first-order valence-electron chi connectivity index (χ1n) is 10.8. The van der Waals surface area contributed by atoms with Crippen molar-refractivity contribution < 1.29 is 4.79 Å². The van der Waals surface area contributed by atoms with Crippen LogP contribution in [0, 0.1) is 5.41 Å². The quantitative estimate of drug-likeness (QED) is 0.399. The third-order valence-electron chi connectivity index (χ3n) is 6.52. The van der Waals surface area contributed by atoms with Crippen molar-refractivity contribution in [3.05, 3.63) is 82.4 Å². The Bertz CT molecular complexity index is 890. The predicted octanol–water partition coefficient (Wildman–Crippen LogP) is 7.82. The van der Waals surface area contributed by atoms with Crippen molar-refractivity contribution in [2.75, 3.05) is 0 Å². The van der Waals surface area contributed by atoms with Crippen LogP contribution < -0.4 is 0 Å². The first-order valence-corrected chi connectivity index (χ1v) is 11.5. The van der Waals surface area contributed by atoms with Crippen LogP contribution >= 0.6 is 23.2 Å². The van der Waals surface area contributed by atoms with E-state index in [-0.39, 0.29) is 23.9 Å². The van der Waals surface area contributed by atoms with Gasteiger partial charge in [-0.1, -0.05) is 74.3 Å². The van der Waals surface area contributed by atoms with Crippen LogP contribution in [-0.4, -0.2) is 16.8 Å². The molecule has 2 aromatic carbocycles. The van der Waals surface area contributed by atoms with Gasteiger partial charge < -0.3 is 4.90 Å². The van der Waals surface area contributed by atoms with Gasteiger partial charge in [0.15, 0.2) is 0 Å². The molecule has 1 aliphatic heterocycles. The Hall–Kier alpha value is -1.77. The van der Waals surface area contributed by atoms with Crippen LogP contribution in [0.3, 0.4) is 0 Å². The molecule has 3 rings (SSSR count). The fourth-order valence-corrected chi connectivity index (χ4v) is 5.30. The molecule has 4 heteroatoms. The number of allylic oxidation sites excluding steroid dienone is 1. The maximum Gasteiger partial charge on any atom is 0.229 e. The van der Waals surface area contributed by atoms with Gasteiger partial charge in [0.05, 0.1) is 11.5 Å². The number of rotatable bonds is 7. The lowest BCUT2D eigenvalue weighted by Crippen LogP contribution is -2.55. The van der Waals surface area contributed by atoms with Crippen LogP contribution in [0.15, 0.2) is 61.2 Å². The molecule has 1 saturated heterocycles. The molecule has 3 unspecified atom stereocenters. The van der Waals surface area contributed by atoms with Gasteiger partial charge in [0, 0.05) is 22.0 Å². The van der Waals surface area contributed by atoms with E-state index in [1.54, 1.807) is 0 Å². The van der Waals surface area contributed by atoms with E-state index >= 15 is 0 Å². The summed E-state index contributed by atoms with van der Waals surface area (Å²) < 4.78 is 0. The molecule has 0 spiro atoms. The molecule has 0 bridgehead atoms. The van der Waals surface area contributed by atoms with E-state index in [2.05, 4.69) is 50.4 Å². The predicted molar refractivity (Wildman–Crippen MR) is 127 cm³/mol. The van der Waals surface area contributed by atoms with E-state index in [9.17, 15) is 4.79 Å². The number of carbonyl (C=O) groups is 1. The van der Waals surface area contributed by atoms with Crippen LogP contribution in [0.25, 0.3) is 0 Å². The van der Waals surface area contributed by atoms with Gasteiger partial charge in [-0.15, -0.1) is 6.58 Å². The zero-order valence-corrected chi connectivity index (χ0v) is 19.6. The number of carbonyl (C=O) groups excluding carboxylic acids is 1. The molecule has 30 heavy (non-hydrogen) atoms.